The van der Waals surface area contributed by atoms with Gasteiger partial charge in [-0.2, -0.15) is 5.10 Å². The number of amides is 2. The maximum Gasteiger partial charge on any atom is 0.319 e. The van der Waals surface area contributed by atoms with Crippen molar-refractivity contribution in [1.29, 1.82) is 0 Å². The van der Waals surface area contributed by atoms with Gasteiger partial charge in [0.1, 0.15) is 0 Å². The van der Waals surface area contributed by atoms with Gasteiger partial charge in [-0.15, -0.1) is 0 Å². The minimum atomic E-state index is -0.139. The number of nitrogens with zero attached hydrogens (tertiary/aromatic N) is 2. The number of hydrogen-bond acceptors (Lipinski definition) is 2. The van der Waals surface area contributed by atoms with Gasteiger partial charge in [0, 0.05) is 11.1 Å². The van der Waals surface area contributed by atoms with Gasteiger partial charge in [-0.3, -0.25) is 4.68 Å². The summed E-state index contributed by atoms with van der Waals surface area (Å²) >= 11 is 6.05. The van der Waals surface area contributed by atoms with Gasteiger partial charge in [0.25, 0.3) is 0 Å². The van der Waals surface area contributed by atoms with Crippen molar-refractivity contribution in [2.24, 2.45) is 0 Å². The number of carbonyl (C=O) groups excluding carboxylic acids is 1. The van der Waals surface area contributed by atoms with E-state index in [0.717, 1.165) is 35.5 Å². The van der Waals surface area contributed by atoms with Crippen LogP contribution in [0.15, 0.2) is 24.3 Å². The lowest BCUT2D eigenvalue weighted by Crippen LogP contribution is -2.39. The molecular formula is C19H25ClN4O. The molecule has 1 saturated carbocycles. The summed E-state index contributed by atoms with van der Waals surface area (Å²) in [6.07, 6.45) is 5.80. The van der Waals surface area contributed by atoms with Crippen LogP contribution in [0, 0.1) is 13.8 Å². The lowest BCUT2D eigenvalue weighted by atomic mass is 9.96. The van der Waals surface area contributed by atoms with Gasteiger partial charge in [-0.05, 0) is 44.4 Å². The second kappa shape index (κ2) is 7.91. The van der Waals surface area contributed by atoms with Gasteiger partial charge >= 0.3 is 6.03 Å². The number of aryl methyl sites for hydroxylation is 1. The van der Waals surface area contributed by atoms with E-state index in [-0.39, 0.29) is 12.1 Å². The normalized spacial score (nSPS) is 15.2. The van der Waals surface area contributed by atoms with E-state index in [1.807, 2.05) is 42.8 Å². The third-order valence-electron chi connectivity index (χ3n) is 4.78. The van der Waals surface area contributed by atoms with E-state index < -0.39 is 0 Å². The summed E-state index contributed by atoms with van der Waals surface area (Å²) in [6.45, 7) is 4.51. The molecule has 0 radical (unpaired) electrons. The maximum atomic E-state index is 12.3. The fourth-order valence-electron chi connectivity index (χ4n) is 3.42. The average Bonchev–Trinajstić information content (AvgIpc) is 2.83. The molecule has 1 aliphatic rings. The van der Waals surface area contributed by atoms with Crippen LogP contribution < -0.4 is 10.6 Å². The van der Waals surface area contributed by atoms with Crippen LogP contribution in [-0.2, 0) is 6.54 Å². The highest BCUT2D eigenvalue weighted by Crippen LogP contribution is 2.22. The van der Waals surface area contributed by atoms with Gasteiger partial charge < -0.3 is 10.6 Å². The fraction of sp³-hybridized carbons (Fsp3) is 0.474. The van der Waals surface area contributed by atoms with Crippen molar-refractivity contribution >= 4 is 23.3 Å². The molecule has 2 amide bonds. The first-order chi connectivity index (χ1) is 12.0. The molecular weight excluding hydrogens is 336 g/mol. The Balaban J connectivity index is 1.67. The van der Waals surface area contributed by atoms with Crippen LogP contribution in [0.3, 0.4) is 0 Å². The zero-order chi connectivity index (χ0) is 17.8. The van der Waals surface area contributed by atoms with Gasteiger partial charge in [-0.1, -0.05) is 43.0 Å². The Kier molecular flexibility index (Phi) is 5.63. The molecule has 1 aromatic carbocycles. The highest BCUT2D eigenvalue weighted by molar-refractivity contribution is 6.30. The maximum absolute atomic E-state index is 12.3. The molecule has 1 fully saturated rings. The van der Waals surface area contributed by atoms with E-state index in [1.165, 1.54) is 19.3 Å². The second-order valence-corrected chi connectivity index (χ2v) is 7.20. The van der Waals surface area contributed by atoms with Crippen molar-refractivity contribution < 1.29 is 4.79 Å². The van der Waals surface area contributed by atoms with Crippen LogP contribution in [0.5, 0.6) is 0 Å². The monoisotopic (exact) mass is 360 g/mol. The number of nitrogens with one attached hydrogen (secondary N) is 2. The molecule has 1 aromatic heterocycles. The SMILES string of the molecule is Cc1nn(Cc2cccc(Cl)c2)c(C)c1NC(=O)NC1CCCCC1. The Hall–Kier alpha value is -2.01. The van der Waals surface area contributed by atoms with E-state index in [9.17, 15) is 4.79 Å². The van der Waals surface area contributed by atoms with Gasteiger partial charge in [0.05, 0.1) is 23.6 Å². The Bertz CT molecular complexity index is 750. The van der Waals surface area contributed by atoms with Crippen LogP contribution in [0.4, 0.5) is 10.5 Å². The van der Waals surface area contributed by atoms with Gasteiger partial charge in [0.15, 0.2) is 0 Å². The molecule has 134 valence electrons. The van der Waals surface area contributed by atoms with Crippen molar-refractivity contribution in [3.05, 3.63) is 46.2 Å². The molecule has 0 bridgehead atoms. The summed E-state index contributed by atoms with van der Waals surface area (Å²) in [5, 5.41) is 11.3. The van der Waals surface area contributed by atoms with Crippen LogP contribution >= 0.6 is 11.6 Å². The van der Waals surface area contributed by atoms with Gasteiger partial charge in [0.2, 0.25) is 0 Å². The summed E-state index contributed by atoms with van der Waals surface area (Å²) in [5.74, 6) is 0. The molecule has 5 nitrogen and oxygen atoms in total. The predicted molar refractivity (Wildman–Crippen MR) is 101 cm³/mol. The Morgan fingerprint density at radius 1 is 1.28 bits per heavy atom. The van der Waals surface area contributed by atoms with E-state index >= 15 is 0 Å². The lowest BCUT2D eigenvalue weighted by molar-refractivity contribution is 0.244. The van der Waals surface area contributed by atoms with Crippen molar-refractivity contribution in [2.45, 2.75) is 58.5 Å². The summed E-state index contributed by atoms with van der Waals surface area (Å²) in [7, 11) is 0. The highest BCUT2D eigenvalue weighted by atomic mass is 35.5. The summed E-state index contributed by atoms with van der Waals surface area (Å²) in [5.41, 5.74) is 3.63. The van der Waals surface area contributed by atoms with Crippen LogP contribution in [-0.4, -0.2) is 21.9 Å². The smallest absolute Gasteiger partial charge is 0.319 e. The molecule has 0 saturated heterocycles. The molecule has 0 spiro atoms. The zero-order valence-electron chi connectivity index (χ0n) is 14.8. The number of carbonyl (C=O) groups is 1. The molecule has 25 heavy (non-hydrogen) atoms. The average molecular weight is 361 g/mol. The first-order valence-corrected chi connectivity index (χ1v) is 9.26. The Morgan fingerprint density at radius 2 is 2.04 bits per heavy atom. The van der Waals surface area contributed by atoms with Crippen molar-refractivity contribution in [1.82, 2.24) is 15.1 Å². The van der Waals surface area contributed by atoms with E-state index in [0.29, 0.717) is 11.6 Å². The Morgan fingerprint density at radius 3 is 2.76 bits per heavy atom. The number of benzene rings is 1. The molecule has 1 heterocycles. The number of halogens is 1. The molecule has 6 heteroatoms. The topological polar surface area (TPSA) is 59.0 Å². The third kappa shape index (κ3) is 4.54. The number of anilines is 1. The standard InChI is InChI=1S/C19H25ClN4O/c1-13-18(22-19(25)21-17-9-4-3-5-10-17)14(2)24(23-13)12-15-7-6-8-16(20)11-15/h6-8,11,17H,3-5,9-10,12H2,1-2H3,(H2,21,22,25). The first-order valence-electron chi connectivity index (χ1n) is 8.89. The van der Waals surface area contributed by atoms with E-state index in [1.54, 1.807) is 0 Å². The number of aromatic nitrogens is 2. The summed E-state index contributed by atoms with van der Waals surface area (Å²) in [6, 6.07) is 7.89. The largest absolute Gasteiger partial charge is 0.335 e. The van der Waals surface area contributed by atoms with Crippen molar-refractivity contribution in [2.75, 3.05) is 5.32 Å². The number of hydrogen-bond donors (Lipinski definition) is 2. The number of urea groups is 1. The fourth-order valence-corrected chi connectivity index (χ4v) is 3.63. The first kappa shape index (κ1) is 17.8. The minimum absolute atomic E-state index is 0.139. The predicted octanol–water partition coefficient (Wildman–Crippen LogP) is 4.66. The highest BCUT2D eigenvalue weighted by Gasteiger charge is 2.18. The summed E-state index contributed by atoms with van der Waals surface area (Å²) in [4.78, 5) is 12.3. The van der Waals surface area contributed by atoms with Crippen LogP contribution in [0.2, 0.25) is 5.02 Å². The van der Waals surface area contributed by atoms with E-state index in [2.05, 4.69) is 15.7 Å². The molecule has 0 unspecified atom stereocenters. The number of rotatable bonds is 4. The molecule has 2 N–H and O–H groups in total. The molecule has 0 atom stereocenters. The Labute approximate surface area is 153 Å². The van der Waals surface area contributed by atoms with Crippen LogP contribution in [0.25, 0.3) is 0 Å². The van der Waals surface area contributed by atoms with Crippen molar-refractivity contribution in [3.63, 3.8) is 0 Å². The molecule has 1 aliphatic carbocycles. The van der Waals surface area contributed by atoms with Crippen LogP contribution in [0.1, 0.15) is 49.1 Å². The van der Waals surface area contributed by atoms with Crippen molar-refractivity contribution in [3.8, 4) is 0 Å². The molecule has 3 rings (SSSR count). The third-order valence-corrected chi connectivity index (χ3v) is 5.02. The van der Waals surface area contributed by atoms with Gasteiger partial charge in [-0.25, -0.2) is 4.79 Å². The lowest BCUT2D eigenvalue weighted by Gasteiger charge is -2.22. The molecule has 0 aliphatic heterocycles. The second-order valence-electron chi connectivity index (χ2n) is 6.77. The van der Waals surface area contributed by atoms with E-state index in [4.69, 9.17) is 11.6 Å². The summed E-state index contributed by atoms with van der Waals surface area (Å²) < 4.78 is 1.90. The minimum Gasteiger partial charge on any atom is -0.335 e. The zero-order valence-corrected chi connectivity index (χ0v) is 15.6. The molecule has 2 aromatic rings. The quantitative estimate of drug-likeness (QED) is 0.833.